The number of carbonyl (C=O) groups excluding carboxylic acids is 1. The van der Waals surface area contributed by atoms with Crippen molar-refractivity contribution in [3.63, 3.8) is 0 Å². The van der Waals surface area contributed by atoms with Crippen molar-refractivity contribution in [1.29, 1.82) is 0 Å². The maximum atomic E-state index is 11.6. The summed E-state index contributed by atoms with van der Waals surface area (Å²) < 4.78 is 4.97. The maximum Gasteiger partial charge on any atom is 0.233 e. The number of rotatable bonds is 3. The van der Waals surface area contributed by atoms with Crippen LogP contribution in [0.3, 0.4) is 0 Å². The van der Waals surface area contributed by atoms with E-state index in [1.807, 2.05) is 17.9 Å². The highest BCUT2D eigenvalue weighted by atomic mass is 16.5. The number of methoxy groups -OCH3 is 1. The summed E-state index contributed by atoms with van der Waals surface area (Å²) in [5.41, 5.74) is 0. The number of piperazine rings is 1. The lowest BCUT2D eigenvalue weighted by Gasteiger charge is -2.35. The first-order valence-electron chi connectivity index (χ1n) is 6.15. The summed E-state index contributed by atoms with van der Waals surface area (Å²) in [6.07, 6.45) is 0.572. The van der Waals surface area contributed by atoms with E-state index in [0.29, 0.717) is 12.3 Å². The molecule has 0 unspecified atom stereocenters. The normalized spacial score (nSPS) is 15.7. The Balaban J connectivity index is 1.94. The van der Waals surface area contributed by atoms with Gasteiger partial charge in [0.15, 0.2) is 5.82 Å². The summed E-state index contributed by atoms with van der Waals surface area (Å²) >= 11 is 0. The first-order chi connectivity index (χ1) is 8.74. The number of aromatic nitrogens is 2. The van der Waals surface area contributed by atoms with Gasteiger partial charge in [-0.15, -0.1) is 10.2 Å². The van der Waals surface area contributed by atoms with Crippen molar-refractivity contribution in [3.8, 4) is 5.88 Å². The van der Waals surface area contributed by atoms with Gasteiger partial charge < -0.3 is 14.5 Å². The van der Waals surface area contributed by atoms with Crippen molar-refractivity contribution in [2.75, 3.05) is 38.2 Å². The Morgan fingerprint density at radius 2 is 2.00 bits per heavy atom. The van der Waals surface area contributed by atoms with Crippen molar-refractivity contribution < 1.29 is 9.53 Å². The molecule has 18 heavy (non-hydrogen) atoms. The zero-order valence-corrected chi connectivity index (χ0v) is 10.8. The molecule has 1 aromatic heterocycles. The molecule has 1 aliphatic rings. The molecule has 1 saturated heterocycles. The largest absolute Gasteiger partial charge is 0.480 e. The zero-order chi connectivity index (χ0) is 13.0. The van der Waals surface area contributed by atoms with Crippen LogP contribution in [-0.4, -0.2) is 54.3 Å². The summed E-state index contributed by atoms with van der Waals surface area (Å²) in [4.78, 5) is 15.6. The fraction of sp³-hybridized carbons (Fsp3) is 0.583. The second kappa shape index (κ2) is 5.66. The van der Waals surface area contributed by atoms with Crippen LogP contribution in [0.2, 0.25) is 0 Å². The van der Waals surface area contributed by atoms with Gasteiger partial charge in [0.25, 0.3) is 0 Å². The van der Waals surface area contributed by atoms with E-state index in [1.54, 1.807) is 13.2 Å². The van der Waals surface area contributed by atoms with Gasteiger partial charge in [-0.05, 0) is 6.07 Å². The molecule has 1 aliphatic heterocycles. The third-order valence-corrected chi connectivity index (χ3v) is 3.09. The number of hydrogen-bond acceptors (Lipinski definition) is 5. The summed E-state index contributed by atoms with van der Waals surface area (Å²) in [6.45, 7) is 4.99. The minimum atomic E-state index is 0.218. The van der Waals surface area contributed by atoms with E-state index in [0.717, 1.165) is 32.0 Å². The molecule has 0 spiro atoms. The molecule has 1 aromatic rings. The summed E-state index contributed by atoms with van der Waals surface area (Å²) in [6, 6.07) is 3.69. The maximum absolute atomic E-state index is 11.6. The van der Waals surface area contributed by atoms with E-state index in [-0.39, 0.29) is 5.91 Å². The van der Waals surface area contributed by atoms with Gasteiger partial charge in [-0.3, -0.25) is 4.79 Å². The van der Waals surface area contributed by atoms with Crippen LogP contribution < -0.4 is 9.64 Å². The van der Waals surface area contributed by atoms with E-state index in [2.05, 4.69) is 15.1 Å². The molecule has 0 aliphatic carbocycles. The first-order valence-corrected chi connectivity index (χ1v) is 6.15. The van der Waals surface area contributed by atoms with Crippen LogP contribution in [0.1, 0.15) is 13.3 Å². The number of ether oxygens (including phenoxy) is 1. The van der Waals surface area contributed by atoms with Crippen molar-refractivity contribution in [1.82, 2.24) is 15.1 Å². The predicted octanol–water partition coefficient (Wildman–Crippen LogP) is 0.544. The number of amides is 1. The van der Waals surface area contributed by atoms with E-state index in [9.17, 15) is 4.79 Å². The van der Waals surface area contributed by atoms with Gasteiger partial charge in [-0.2, -0.15) is 0 Å². The second-order valence-electron chi connectivity index (χ2n) is 4.16. The van der Waals surface area contributed by atoms with Gasteiger partial charge in [0, 0.05) is 38.7 Å². The third kappa shape index (κ3) is 2.69. The lowest BCUT2D eigenvalue weighted by atomic mass is 10.3. The van der Waals surface area contributed by atoms with Gasteiger partial charge in [0.1, 0.15) is 0 Å². The van der Waals surface area contributed by atoms with E-state index >= 15 is 0 Å². The molecule has 0 atom stereocenters. The average Bonchev–Trinajstić information content (AvgIpc) is 2.47. The predicted molar refractivity (Wildman–Crippen MR) is 67.7 cm³/mol. The van der Waals surface area contributed by atoms with Gasteiger partial charge in [-0.25, -0.2) is 0 Å². The number of anilines is 1. The smallest absolute Gasteiger partial charge is 0.233 e. The van der Waals surface area contributed by atoms with E-state index < -0.39 is 0 Å². The Hall–Kier alpha value is -1.85. The highest BCUT2D eigenvalue weighted by molar-refractivity contribution is 5.76. The fourth-order valence-electron chi connectivity index (χ4n) is 2.00. The van der Waals surface area contributed by atoms with Gasteiger partial charge in [-0.1, -0.05) is 6.92 Å². The van der Waals surface area contributed by atoms with E-state index in [1.165, 1.54) is 0 Å². The van der Waals surface area contributed by atoms with Gasteiger partial charge in [0.2, 0.25) is 11.8 Å². The van der Waals surface area contributed by atoms with Crippen LogP contribution in [0.15, 0.2) is 12.1 Å². The zero-order valence-electron chi connectivity index (χ0n) is 10.8. The van der Waals surface area contributed by atoms with Crippen LogP contribution in [0.5, 0.6) is 5.88 Å². The third-order valence-electron chi connectivity index (χ3n) is 3.09. The summed E-state index contributed by atoms with van der Waals surface area (Å²) in [5, 5.41) is 8.06. The molecule has 6 nitrogen and oxygen atoms in total. The number of nitrogens with zero attached hydrogens (tertiary/aromatic N) is 4. The minimum Gasteiger partial charge on any atom is -0.480 e. The summed E-state index contributed by atoms with van der Waals surface area (Å²) in [7, 11) is 1.57. The lowest BCUT2D eigenvalue weighted by molar-refractivity contribution is -0.131. The number of carbonyl (C=O) groups is 1. The van der Waals surface area contributed by atoms with Crippen molar-refractivity contribution >= 4 is 11.7 Å². The Bertz CT molecular complexity index is 399. The van der Waals surface area contributed by atoms with Crippen LogP contribution in [0, 0.1) is 0 Å². The Kier molecular flexibility index (Phi) is 3.96. The molecule has 1 amide bonds. The molecule has 0 aromatic carbocycles. The SMILES string of the molecule is CCC(=O)N1CCN(c2ccc(OC)nn2)CC1. The van der Waals surface area contributed by atoms with Gasteiger partial charge >= 0.3 is 0 Å². The fourth-order valence-corrected chi connectivity index (χ4v) is 2.00. The van der Waals surface area contributed by atoms with Crippen LogP contribution in [0.4, 0.5) is 5.82 Å². The van der Waals surface area contributed by atoms with Crippen molar-refractivity contribution in [2.24, 2.45) is 0 Å². The molecule has 1 fully saturated rings. The molecular weight excluding hydrogens is 232 g/mol. The molecule has 2 heterocycles. The quantitative estimate of drug-likeness (QED) is 0.784. The Morgan fingerprint density at radius 1 is 1.28 bits per heavy atom. The van der Waals surface area contributed by atoms with Crippen molar-refractivity contribution in [3.05, 3.63) is 12.1 Å². The molecule has 6 heteroatoms. The molecule has 0 radical (unpaired) electrons. The Labute approximate surface area is 107 Å². The monoisotopic (exact) mass is 250 g/mol. The van der Waals surface area contributed by atoms with E-state index in [4.69, 9.17) is 4.74 Å². The molecule has 0 N–H and O–H groups in total. The molecule has 0 bridgehead atoms. The Morgan fingerprint density at radius 3 is 2.50 bits per heavy atom. The number of hydrogen-bond donors (Lipinski definition) is 0. The molecular formula is C12H18N4O2. The minimum absolute atomic E-state index is 0.218. The highest BCUT2D eigenvalue weighted by Gasteiger charge is 2.20. The second-order valence-corrected chi connectivity index (χ2v) is 4.16. The van der Waals surface area contributed by atoms with Crippen LogP contribution in [-0.2, 0) is 4.79 Å². The standard InChI is InChI=1S/C12H18N4O2/c1-3-12(17)16-8-6-15(7-9-16)10-4-5-11(18-2)14-13-10/h4-5H,3,6-9H2,1-2H3. The molecule has 2 rings (SSSR count). The van der Waals surface area contributed by atoms with Crippen LogP contribution >= 0.6 is 0 Å². The lowest BCUT2D eigenvalue weighted by Crippen LogP contribution is -2.48. The summed E-state index contributed by atoms with van der Waals surface area (Å²) in [5.74, 6) is 1.56. The average molecular weight is 250 g/mol. The van der Waals surface area contributed by atoms with Crippen molar-refractivity contribution in [2.45, 2.75) is 13.3 Å². The molecule has 98 valence electrons. The first kappa shape index (κ1) is 12.6. The van der Waals surface area contributed by atoms with Gasteiger partial charge in [0.05, 0.1) is 7.11 Å². The highest BCUT2D eigenvalue weighted by Crippen LogP contribution is 2.15. The molecule has 0 saturated carbocycles. The topological polar surface area (TPSA) is 58.6 Å². The van der Waals surface area contributed by atoms with Crippen LogP contribution in [0.25, 0.3) is 0 Å².